The number of aliphatic hydroxyl groups is 1. The van der Waals surface area contributed by atoms with E-state index in [-0.39, 0.29) is 12.2 Å². The third-order valence-electron chi connectivity index (χ3n) is 4.19. The highest BCUT2D eigenvalue weighted by atomic mass is 32.1. The summed E-state index contributed by atoms with van der Waals surface area (Å²) in [5.74, 6) is -0.597. The molecule has 5 heteroatoms. The molecular weight excluding hydrogens is 310 g/mol. The zero-order chi connectivity index (χ0) is 16.4. The summed E-state index contributed by atoms with van der Waals surface area (Å²) in [5.41, 5.74) is -0.510. The summed E-state index contributed by atoms with van der Waals surface area (Å²) in [4.78, 5) is 27.4. The van der Waals surface area contributed by atoms with Gasteiger partial charge >= 0.3 is 0 Å². The lowest BCUT2D eigenvalue weighted by Gasteiger charge is -2.22. The zero-order valence-electron chi connectivity index (χ0n) is 13.0. The molecule has 4 nitrogen and oxygen atoms in total. The lowest BCUT2D eigenvalue weighted by atomic mass is 9.89. The van der Waals surface area contributed by atoms with E-state index in [1.165, 1.54) is 11.3 Å². The van der Waals surface area contributed by atoms with Crippen LogP contribution in [0.25, 0.3) is 0 Å². The number of benzene rings is 1. The second kappa shape index (κ2) is 6.26. The number of amides is 1. The minimum atomic E-state index is -1.76. The number of ketones is 1. The Hall–Kier alpha value is -1.98. The second-order valence-electron chi connectivity index (χ2n) is 5.77. The molecule has 3 rings (SSSR count). The van der Waals surface area contributed by atoms with Crippen molar-refractivity contribution in [3.63, 3.8) is 0 Å². The lowest BCUT2D eigenvalue weighted by molar-refractivity contribution is -0.135. The summed E-state index contributed by atoms with van der Waals surface area (Å²) in [5, 5.41) is 12.9. The SMILES string of the molecule is CCCCN1C(=O)[C@@](O)(CC(=O)c2cccs2)c2ccccc21. The maximum Gasteiger partial charge on any atom is 0.264 e. The third-order valence-corrected chi connectivity index (χ3v) is 5.10. The molecule has 0 aliphatic carbocycles. The van der Waals surface area contributed by atoms with E-state index in [4.69, 9.17) is 0 Å². The van der Waals surface area contributed by atoms with Gasteiger partial charge in [0.25, 0.3) is 5.91 Å². The molecule has 1 N–H and O–H groups in total. The molecule has 0 fully saturated rings. The number of hydrogen-bond donors (Lipinski definition) is 1. The predicted molar refractivity (Wildman–Crippen MR) is 90.9 cm³/mol. The number of rotatable bonds is 6. The fourth-order valence-corrected chi connectivity index (χ4v) is 3.64. The average molecular weight is 329 g/mol. The number of fused-ring (bicyclic) bond motifs is 1. The molecule has 0 saturated heterocycles. The maximum atomic E-state index is 12.8. The molecule has 1 aromatic carbocycles. The Morgan fingerprint density at radius 2 is 2.04 bits per heavy atom. The van der Waals surface area contributed by atoms with Crippen molar-refractivity contribution in [1.82, 2.24) is 0 Å². The van der Waals surface area contributed by atoms with Gasteiger partial charge in [-0.15, -0.1) is 11.3 Å². The standard InChI is InChI=1S/C18H19NO3S/c1-2-3-10-19-14-8-5-4-7-13(14)18(22,17(19)21)12-15(20)16-9-6-11-23-16/h4-9,11,22H,2-3,10,12H2,1H3/t18-/m1/s1. The van der Waals surface area contributed by atoms with Crippen molar-refractivity contribution in [2.45, 2.75) is 31.8 Å². The first-order valence-electron chi connectivity index (χ1n) is 7.78. The van der Waals surface area contributed by atoms with Crippen LogP contribution in [0.4, 0.5) is 5.69 Å². The maximum absolute atomic E-state index is 12.8. The van der Waals surface area contributed by atoms with Crippen molar-refractivity contribution in [2.24, 2.45) is 0 Å². The average Bonchev–Trinajstić information content (AvgIpc) is 3.15. The third kappa shape index (κ3) is 2.71. The molecule has 0 spiro atoms. The van der Waals surface area contributed by atoms with Crippen LogP contribution in [0.5, 0.6) is 0 Å². The molecule has 1 aliphatic heterocycles. The number of carbonyl (C=O) groups is 2. The van der Waals surface area contributed by atoms with Crippen molar-refractivity contribution in [3.8, 4) is 0 Å². The Morgan fingerprint density at radius 1 is 1.26 bits per heavy atom. The number of para-hydroxylation sites is 1. The largest absolute Gasteiger partial charge is 0.375 e. The fraction of sp³-hybridized carbons (Fsp3) is 0.333. The first kappa shape index (κ1) is 15.9. The number of Topliss-reactive ketones (excluding diaryl/α,β-unsaturated/α-hetero) is 1. The van der Waals surface area contributed by atoms with Crippen LogP contribution in [0.2, 0.25) is 0 Å². The van der Waals surface area contributed by atoms with Crippen LogP contribution < -0.4 is 4.90 Å². The Kier molecular flexibility index (Phi) is 4.33. The van der Waals surface area contributed by atoms with Gasteiger partial charge in [0.15, 0.2) is 11.4 Å². The Labute approximate surface area is 139 Å². The van der Waals surface area contributed by atoms with Crippen molar-refractivity contribution >= 4 is 28.7 Å². The minimum absolute atomic E-state index is 0.206. The van der Waals surface area contributed by atoms with E-state index < -0.39 is 11.5 Å². The Bertz CT molecular complexity index is 726. The van der Waals surface area contributed by atoms with Gasteiger partial charge in [0.1, 0.15) is 0 Å². The van der Waals surface area contributed by atoms with E-state index in [1.54, 1.807) is 29.2 Å². The van der Waals surface area contributed by atoms with Crippen molar-refractivity contribution in [2.75, 3.05) is 11.4 Å². The number of anilines is 1. The molecule has 2 heterocycles. The van der Waals surface area contributed by atoms with E-state index in [9.17, 15) is 14.7 Å². The van der Waals surface area contributed by atoms with Gasteiger partial charge in [-0.25, -0.2) is 0 Å². The van der Waals surface area contributed by atoms with Gasteiger partial charge in [-0.3, -0.25) is 9.59 Å². The van der Waals surface area contributed by atoms with Crippen molar-refractivity contribution < 1.29 is 14.7 Å². The van der Waals surface area contributed by atoms with Gasteiger partial charge in [0.2, 0.25) is 0 Å². The van der Waals surface area contributed by atoms with Gasteiger partial charge in [-0.2, -0.15) is 0 Å². The molecule has 1 aliphatic rings. The summed E-state index contributed by atoms with van der Waals surface area (Å²) in [6.45, 7) is 2.61. The summed E-state index contributed by atoms with van der Waals surface area (Å²) in [6.07, 6.45) is 1.60. The molecular formula is C18H19NO3S. The number of nitrogens with zero attached hydrogens (tertiary/aromatic N) is 1. The molecule has 0 saturated carbocycles. The highest BCUT2D eigenvalue weighted by Crippen LogP contribution is 2.43. The van der Waals surface area contributed by atoms with Gasteiger partial charge in [-0.05, 0) is 23.9 Å². The van der Waals surface area contributed by atoms with E-state index in [0.717, 1.165) is 12.8 Å². The van der Waals surface area contributed by atoms with E-state index in [2.05, 4.69) is 6.92 Å². The summed E-state index contributed by atoms with van der Waals surface area (Å²) >= 11 is 1.32. The smallest absolute Gasteiger partial charge is 0.264 e. The highest BCUT2D eigenvalue weighted by Gasteiger charge is 2.50. The second-order valence-corrected chi connectivity index (χ2v) is 6.71. The van der Waals surface area contributed by atoms with Crippen LogP contribution in [0.1, 0.15) is 41.4 Å². The number of unbranched alkanes of at least 4 members (excludes halogenated alkanes) is 1. The molecule has 1 atom stereocenters. The summed E-state index contributed by atoms with van der Waals surface area (Å²) < 4.78 is 0. The quantitative estimate of drug-likeness (QED) is 0.827. The summed E-state index contributed by atoms with van der Waals surface area (Å²) in [6, 6.07) is 10.7. The molecule has 0 unspecified atom stereocenters. The van der Waals surface area contributed by atoms with Crippen LogP contribution in [-0.2, 0) is 10.4 Å². The van der Waals surface area contributed by atoms with Crippen LogP contribution in [0.3, 0.4) is 0 Å². The van der Waals surface area contributed by atoms with Crippen LogP contribution in [0.15, 0.2) is 41.8 Å². The number of carbonyl (C=O) groups excluding carboxylic acids is 2. The number of hydrogen-bond acceptors (Lipinski definition) is 4. The van der Waals surface area contributed by atoms with Crippen molar-refractivity contribution in [1.29, 1.82) is 0 Å². The van der Waals surface area contributed by atoms with Gasteiger partial charge in [-0.1, -0.05) is 37.6 Å². The van der Waals surface area contributed by atoms with E-state index >= 15 is 0 Å². The van der Waals surface area contributed by atoms with Crippen LogP contribution in [-0.4, -0.2) is 23.3 Å². The minimum Gasteiger partial charge on any atom is -0.375 e. The molecule has 23 heavy (non-hydrogen) atoms. The van der Waals surface area contributed by atoms with Crippen molar-refractivity contribution in [3.05, 3.63) is 52.2 Å². The fourth-order valence-electron chi connectivity index (χ4n) is 2.97. The zero-order valence-corrected chi connectivity index (χ0v) is 13.8. The first-order chi connectivity index (χ1) is 11.1. The van der Waals surface area contributed by atoms with E-state index in [0.29, 0.717) is 22.7 Å². The lowest BCUT2D eigenvalue weighted by Crippen LogP contribution is -2.42. The molecule has 1 aromatic heterocycles. The topological polar surface area (TPSA) is 57.6 Å². The van der Waals surface area contributed by atoms with Gasteiger partial charge in [0, 0.05) is 12.1 Å². The predicted octanol–water partition coefficient (Wildman–Crippen LogP) is 3.36. The Morgan fingerprint density at radius 3 is 2.74 bits per heavy atom. The molecule has 120 valence electrons. The normalized spacial score (nSPS) is 19.9. The molecule has 1 amide bonds. The Balaban J connectivity index is 1.94. The van der Waals surface area contributed by atoms with Gasteiger partial charge in [0.05, 0.1) is 17.0 Å². The highest BCUT2D eigenvalue weighted by molar-refractivity contribution is 7.12. The molecule has 0 radical (unpaired) electrons. The molecule has 2 aromatic rings. The van der Waals surface area contributed by atoms with E-state index in [1.807, 2.05) is 17.5 Å². The monoisotopic (exact) mass is 329 g/mol. The number of thiophene rings is 1. The summed E-state index contributed by atoms with van der Waals surface area (Å²) in [7, 11) is 0. The van der Waals surface area contributed by atoms with Crippen LogP contribution >= 0.6 is 11.3 Å². The molecule has 0 bridgehead atoms. The van der Waals surface area contributed by atoms with Gasteiger partial charge < -0.3 is 10.0 Å². The van der Waals surface area contributed by atoms with Crippen LogP contribution in [0, 0.1) is 0 Å². The first-order valence-corrected chi connectivity index (χ1v) is 8.66.